The number of nitrogens with zero attached hydrogens (tertiary/aromatic N) is 3. The van der Waals surface area contributed by atoms with Gasteiger partial charge in [0.1, 0.15) is 5.84 Å². The van der Waals surface area contributed by atoms with E-state index in [9.17, 15) is 0 Å². The fourth-order valence-electron chi connectivity index (χ4n) is 2.23. The Bertz CT molecular complexity index is 703. The van der Waals surface area contributed by atoms with Crippen molar-refractivity contribution in [2.45, 2.75) is 0 Å². The van der Waals surface area contributed by atoms with Crippen LogP contribution >= 0.6 is 11.8 Å². The molecular weight excluding hydrogens is 380 g/mol. The Hall–Kier alpha value is -1.66. The van der Waals surface area contributed by atoms with Crippen molar-refractivity contribution in [3.63, 3.8) is 0 Å². The minimum Gasteiger partial charge on any atom is -0.378 e. The second-order valence-electron chi connectivity index (χ2n) is 5.33. The average molecular weight is 402 g/mol. The lowest BCUT2D eigenvalue weighted by Crippen LogP contribution is -2.42. The van der Waals surface area contributed by atoms with E-state index in [2.05, 4.69) is 10.2 Å². The summed E-state index contributed by atoms with van der Waals surface area (Å²) >= 11 is 1.91. The third-order valence-corrected chi connectivity index (χ3v) is 4.30. The van der Waals surface area contributed by atoms with Crippen molar-refractivity contribution in [3.05, 3.63) is 30.3 Å². The molecule has 0 atom stereocenters. The Morgan fingerprint density at radius 2 is 1.85 bits per heavy atom. The molecule has 2 heterocycles. The van der Waals surface area contributed by atoms with Crippen molar-refractivity contribution < 1.29 is 22.3 Å². The summed E-state index contributed by atoms with van der Waals surface area (Å²) in [6, 6.07) is 10.0. The molecule has 26 heavy (non-hydrogen) atoms. The number of ether oxygens (including phenoxy) is 1. The highest BCUT2D eigenvalue weighted by atomic mass is 32.3. The molecule has 3 rings (SSSR count). The summed E-state index contributed by atoms with van der Waals surface area (Å²) < 4.78 is 37.0. The van der Waals surface area contributed by atoms with Crippen LogP contribution in [0.2, 0.25) is 0 Å². The normalized spacial score (nSPS) is 20.2. The second-order valence-corrected chi connectivity index (χ2v) is 7.33. The number of aliphatic imine (C=N–C) groups is 2. The highest BCUT2D eigenvalue weighted by Crippen LogP contribution is 2.13. The molecule has 1 aromatic carbocycles. The molecule has 0 unspecified atom stereocenters. The number of thioether (sulfide) groups is 1. The van der Waals surface area contributed by atoms with Crippen LogP contribution in [0.25, 0.3) is 0 Å². The van der Waals surface area contributed by atoms with E-state index in [1.807, 2.05) is 42.1 Å². The molecular formula is C15H22N4O5S2. The van der Waals surface area contributed by atoms with Crippen LogP contribution in [0.4, 0.5) is 5.69 Å². The zero-order valence-corrected chi connectivity index (χ0v) is 15.7. The minimum absolute atomic E-state index is 0.737. The van der Waals surface area contributed by atoms with E-state index in [1.165, 1.54) is 0 Å². The van der Waals surface area contributed by atoms with E-state index in [0.29, 0.717) is 0 Å². The van der Waals surface area contributed by atoms with E-state index in [-0.39, 0.29) is 0 Å². The van der Waals surface area contributed by atoms with Gasteiger partial charge < -0.3 is 15.0 Å². The highest BCUT2D eigenvalue weighted by molar-refractivity contribution is 8.00. The number of guanidine groups is 1. The van der Waals surface area contributed by atoms with Crippen LogP contribution in [-0.4, -0.2) is 78.6 Å². The van der Waals surface area contributed by atoms with E-state index in [0.717, 1.165) is 61.8 Å². The lowest BCUT2D eigenvalue weighted by molar-refractivity contribution is 0.0676. The molecule has 0 saturated carbocycles. The van der Waals surface area contributed by atoms with Gasteiger partial charge in [0.05, 0.1) is 24.7 Å². The van der Waals surface area contributed by atoms with Gasteiger partial charge in [-0.1, -0.05) is 18.2 Å². The number of amidine groups is 1. The van der Waals surface area contributed by atoms with Gasteiger partial charge in [0.2, 0.25) is 5.96 Å². The molecule has 2 aliphatic heterocycles. The van der Waals surface area contributed by atoms with Gasteiger partial charge in [-0.3, -0.25) is 9.11 Å². The Morgan fingerprint density at radius 3 is 2.42 bits per heavy atom. The van der Waals surface area contributed by atoms with Crippen molar-refractivity contribution in [2.24, 2.45) is 9.98 Å². The number of hydrogen-bond donors (Lipinski definition) is 3. The van der Waals surface area contributed by atoms with Gasteiger partial charge in [-0.05, 0) is 12.1 Å². The molecule has 0 bridgehead atoms. The first-order chi connectivity index (χ1) is 12.4. The summed E-state index contributed by atoms with van der Waals surface area (Å²) in [5.41, 5.74) is 0.937. The van der Waals surface area contributed by atoms with E-state index < -0.39 is 10.4 Å². The summed E-state index contributed by atoms with van der Waals surface area (Å²) in [7, 11) is -4.67. The Labute approximate surface area is 157 Å². The van der Waals surface area contributed by atoms with Gasteiger partial charge in [0.15, 0.2) is 0 Å². The van der Waals surface area contributed by atoms with Crippen LogP contribution in [0.1, 0.15) is 0 Å². The number of rotatable bonds is 1. The van der Waals surface area contributed by atoms with Crippen LogP contribution in [0.15, 0.2) is 40.3 Å². The number of nitrogens with one attached hydrogen (secondary N) is 1. The highest BCUT2D eigenvalue weighted by Gasteiger charge is 2.16. The van der Waals surface area contributed by atoms with Gasteiger partial charge >= 0.3 is 10.4 Å². The quantitative estimate of drug-likeness (QED) is 0.362. The molecule has 144 valence electrons. The predicted octanol–water partition coefficient (Wildman–Crippen LogP) is 1.09. The van der Waals surface area contributed by atoms with Gasteiger partial charge in [-0.25, -0.2) is 4.99 Å². The third kappa shape index (κ3) is 8.63. The average Bonchev–Trinajstić information content (AvgIpc) is 2.62. The molecule has 2 aliphatic rings. The lowest BCUT2D eigenvalue weighted by atomic mass is 10.3. The van der Waals surface area contributed by atoms with Crippen molar-refractivity contribution in [1.29, 1.82) is 0 Å². The largest absolute Gasteiger partial charge is 0.394 e. The topological polar surface area (TPSA) is 124 Å². The van der Waals surface area contributed by atoms with Gasteiger partial charge in [0.25, 0.3) is 0 Å². The molecule has 0 spiro atoms. The molecule has 0 amide bonds. The summed E-state index contributed by atoms with van der Waals surface area (Å²) in [6.45, 7) is 4.14. The van der Waals surface area contributed by atoms with Crippen LogP contribution in [0.3, 0.4) is 0 Å². The second kappa shape index (κ2) is 10.5. The summed E-state index contributed by atoms with van der Waals surface area (Å²) in [5, 5.41) is 3.36. The predicted molar refractivity (Wildman–Crippen MR) is 103 cm³/mol. The van der Waals surface area contributed by atoms with Gasteiger partial charge in [-0.15, -0.1) is 0 Å². The molecule has 2 fully saturated rings. The van der Waals surface area contributed by atoms with Crippen LogP contribution in [-0.2, 0) is 15.1 Å². The van der Waals surface area contributed by atoms with Crippen molar-refractivity contribution >= 4 is 39.6 Å². The number of morpholine rings is 1. The fourth-order valence-corrected chi connectivity index (χ4v) is 2.98. The first kappa shape index (κ1) is 20.6. The summed E-state index contributed by atoms with van der Waals surface area (Å²) in [5.74, 6) is 3.88. The molecule has 0 radical (unpaired) electrons. The summed E-state index contributed by atoms with van der Waals surface area (Å²) in [4.78, 5) is 11.7. The zero-order valence-electron chi connectivity index (χ0n) is 14.1. The summed E-state index contributed by atoms with van der Waals surface area (Å²) in [6.07, 6.45) is 0. The molecule has 9 nitrogen and oxygen atoms in total. The standard InChI is InChI=1S/C15H20N4OS.H2O4S/c1-2-4-13(5-3-1)17-15(19-7-9-20-10-8-19)18-14-12-21-11-6-16-14;1-5(2,3)4/h1-5H,6-12H2,(H,16,17,18);(H2,1,2,3,4). The van der Waals surface area contributed by atoms with Crippen molar-refractivity contribution in [2.75, 3.05) is 44.4 Å². The SMILES string of the molecule is O=S(=O)(O)O.c1ccc(N=C(N=C2CSCCN2)N2CCOCC2)cc1. The molecule has 11 heteroatoms. The number of para-hydroxylation sites is 1. The first-order valence-electron chi connectivity index (χ1n) is 7.97. The molecule has 1 aromatic rings. The number of hydrogen-bond acceptors (Lipinski definition) is 5. The van der Waals surface area contributed by atoms with Gasteiger partial charge in [0, 0.05) is 25.4 Å². The smallest absolute Gasteiger partial charge is 0.378 e. The van der Waals surface area contributed by atoms with Crippen LogP contribution < -0.4 is 5.32 Å². The molecule has 0 aromatic heterocycles. The molecule has 2 saturated heterocycles. The third-order valence-electron chi connectivity index (χ3n) is 3.33. The Balaban J connectivity index is 0.000000431. The van der Waals surface area contributed by atoms with Crippen LogP contribution in [0.5, 0.6) is 0 Å². The lowest BCUT2D eigenvalue weighted by Gasteiger charge is -2.28. The molecule has 3 N–H and O–H groups in total. The van der Waals surface area contributed by atoms with Gasteiger partial charge in [-0.2, -0.15) is 25.2 Å². The fraction of sp³-hybridized carbons (Fsp3) is 0.467. The maximum Gasteiger partial charge on any atom is 0.394 e. The zero-order chi connectivity index (χ0) is 18.8. The van der Waals surface area contributed by atoms with E-state index >= 15 is 0 Å². The van der Waals surface area contributed by atoms with E-state index in [4.69, 9.17) is 32.2 Å². The van der Waals surface area contributed by atoms with Crippen LogP contribution in [0, 0.1) is 0 Å². The van der Waals surface area contributed by atoms with E-state index in [1.54, 1.807) is 0 Å². The Kier molecular flexibility index (Phi) is 8.32. The van der Waals surface area contributed by atoms with Crippen molar-refractivity contribution in [1.82, 2.24) is 10.2 Å². The maximum atomic E-state index is 8.74. The van der Waals surface area contributed by atoms with Crippen molar-refractivity contribution in [3.8, 4) is 0 Å². The maximum absolute atomic E-state index is 8.74. The first-order valence-corrected chi connectivity index (χ1v) is 10.5. The monoisotopic (exact) mass is 402 g/mol. The molecule has 0 aliphatic carbocycles. The Morgan fingerprint density at radius 1 is 1.19 bits per heavy atom. The number of benzene rings is 1. The minimum atomic E-state index is -4.67.